The molecule has 1 aromatic rings. The second-order valence-electron chi connectivity index (χ2n) is 4.29. The first kappa shape index (κ1) is 13.5. The van der Waals surface area contributed by atoms with E-state index in [1.807, 2.05) is 0 Å². The number of aliphatic hydroxyl groups is 1. The molecule has 0 radical (unpaired) electrons. The van der Waals surface area contributed by atoms with Crippen molar-refractivity contribution < 1.29 is 19.1 Å². The summed E-state index contributed by atoms with van der Waals surface area (Å²) < 4.78 is 5.06. The summed E-state index contributed by atoms with van der Waals surface area (Å²) in [6.07, 6.45) is 2.01. The molecule has 0 aromatic carbocycles. The van der Waals surface area contributed by atoms with Gasteiger partial charge < -0.3 is 25.1 Å². The zero-order chi connectivity index (χ0) is 13.8. The number of nitrogens with zero attached hydrogens (tertiary/aromatic N) is 3. The number of rotatable bonds is 4. The maximum atomic E-state index is 12.1. The number of aliphatic hydroxyl groups excluding tert-OH is 1. The lowest BCUT2D eigenvalue weighted by molar-refractivity contribution is -0.119. The number of amides is 2. The molecule has 8 nitrogen and oxygen atoms in total. The molecule has 19 heavy (non-hydrogen) atoms. The number of hydrogen-bond acceptors (Lipinski definition) is 6. The fourth-order valence-corrected chi connectivity index (χ4v) is 1.83. The molecule has 3 N–H and O–H groups in total. The van der Waals surface area contributed by atoms with Gasteiger partial charge in [0.25, 0.3) is 5.91 Å². The van der Waals surface area contributed by atoms with Crippen LogP contribution in [-0.4, -0.2) is 65.0 Å². The maximum Gasteiger partial charge on any atom is 0.275 e. The van der Waals surface area contributed by atoms with E-state index in [9.17, 15) is 9.59 Å². The van der Waals surface area contributed by atoms with Crippen molar-refractivity contribution in [1.29, 1.82) is 0 Å². The molecule has 2 heterocycles. The van der Waals surface area contributed by atoms with E-state index in [4.69, 9.17) is 15.3 Å². The van der Waals surface area contributed by atoms with Crippen LogP contribution >= 0.6 is 0 Å². The highest BCUT2D eigenvalue weighted by atomic mass is 16.3. The Balaban J connectivity index is 2.00. The third kappa shape index (κ3) is 2.91. The monoisotopic (exact) mass is 268 g/mol. The SMILES string of the molecule is NC(CO)c1nc(C(=O)N2CCN(C=O)CC2)co1. The van der Waals surface area contributed by atoms with Crippen LogP contribution < -0.4 is 5.73 Å². The Morgan fingerprint density at radius 2 is 2.21 bits per heavy atom. The van der Waals surface area contributed by atoms with Crippen molar-refractivity contribution in [3.8, 4) is 0 Å². The number of carbonyl (C=O) groups is 2. The maximum absolute atomic E-state index is 12.1. The minimum absolute atomic E-state index is 0.136. The predicted molar refractivity (Wildman–Crippen MR) is 64.1 cm³/mol. The van der Waals surface area contributed by atoms with Crippen molar-refractivity contribution in [3.63, 3.8) is 0 Å². The lowest BCUT2D eigenvalue weighted by atomic mass is 10.3. The van der Waals surface area contributed by atoms with E-state index in [0.29, 0.717) is 26.2 Å². The van der Waals surface area contributed by atoms with Crippen LogP contribution in [0.2, 0.25) is 0 Å². The van der Waals surface area contributed by atoms with Crippen LogP contribution in [0.5, 0.6) is 0 Å². The predicted octanol–water partition coefficient (Wildman–Crippen LogP) is -1.42. The Labute approximate surface area is 109 Å². The van der Waals surface area contributed by atoms with Gasteiger partial charge in [-0.05, 0) is 0 Å². The molecular weight excluding hydrogens is 252 g/mol. The molecule has 0 bridgehead atoms. The molecule has 0 spiro atoms. The Morgan fingerprint density at radius 3 is 2.79 bits per heavy atom. The van der Waals surface area contributed by atoms with Crippen LogP contribution in [-0.2, 0) is 4.79 Å². The highest BCUT2D eigenvalue weighted by Gasteiger charge is 2.24. The zero-order valence-corrected chi connectivity index (χ0v) is 10.4. The Hall–Kier alpha value is -1.93. The number of oxazole rings is 1. The molecule has 1 aliphatic rings. The summed E-state index contributed by atoms with van der Waals surface area (Å²) in [7, 11) is 0. The van der Waals surface area contributed by atoms with E-state index in [-0.39, 0.29) is 24.1 Å². The van der Waals surface area contributed by atoms with Gasteiger partial charge in [0.2, 0.25) is 12.3 Å². The van der Waals surface area contributed by atoms with Crippen molar-refractivity contribution in [2.75, 3.05) is 32.8 Å². The van der Waals surface area contributed by atoms with Crippen LogP contribution in [0.4, 0.5) is 0 Å². The lowest BCUT2D eigenvalue weighted by Gasteiger charge is -2.31. The van der Waals surface area contributed by atoms with Gasteiger partial charge in [-0.3, -0.25) is 9.59 Å². The molecule has 104 valence electrons. The average Bonchev–Trinajstić information content (AvgIpc) is 2.95. The quantitative estimate of drug-likeness (QED) is 0.648. The van der Waals surface area contributed by atoms with Gasteiger partial charge in [-0.1, -0.05) is 0 Å². The Kier molecular flexibility index (Phi) is 4.13. The van der Waals surface area contributed by atoms with Crippen molar-refractivity contribution in [3.05, 3.63) is 17.8 Å². The highest BCUT2D eigenvalue weighted by Crippen LogP contribution is 2.12. The van der Waals surface area contributed by atoms with E-state index < -0.39 is 6.04 Å². The third-order valence-corrected chi connectivity index (χ3v) is 3.01. The summed E-state index contributed by atoms with van der Waals surface area (Å²) in [5.41, 5.74) is 5.71. The first-order valence-electron chi connectivity index (χ1n) is 5.96. The largest absolute Gasteiger partial charge is 0.446 e. The standard InChI is InChI=1S/C11H16N4O4/c12-8(5-16)10-13-9(6-19-10)11(18)15-3-1-14(7-17)2-4-15/h6-8,16H,1-5,12H2. The molecular formula is C11H16N4O4. The number of nitrogens with two attached hydrogens (primary N) is 1. The average molecular weight is 268 g/mol. The van der Waals surface area contributed by atoms with Gasteiger partial charge in [-0.15, -0.1) is 0 Å². The molecule has 8 heteroatoms. The van der Waals surface area contributed by atoms with Crippen LogP contribution in [0.25, 0.3) is 0 Å². The zero-order valence-electron chi connectivity index (χ0n) is 10.4. The van der Waals surface area contributed by atoms with E-state index in [1.165, 1.54) is 6.26 Å². The summed E-state index contributed by atoms with van der Waals surface area (Å²) in [6, 6.07) is -0.728. The molecule has 1 saturated heterocycles. The number of hydrogen-bond donors (Lipinski definition) is 2. The van der Waals surface area contributed by atoms with Crippen molar-refractivity contribution in [1.82, 2.24) is 14.8 Å². The molecule has 1 aromatic heterocycles. The summed E-state index contributed by atoms with van der Waals surface area (Å²) in [4.78, 5) is 29.9. The minimum Gasteiger partial charge on any atom is -0.446 e. The summed E-state index contributed by atoms with van der Waals surface area (Å²) >= 11 is 0. The van der Waals surface area contributed by atoms with E-state index in [1.54, 1.807) is 9.80 Å². The lowest BCUT2D eigenvalue weighted by Crippen LogP contribution is -2.48. The molecule has 2 amide bonds. The molecule has 2 rings (SSSR count). The van der Waals surface area contributed by atoms with Crippen molar-refractivity contribution in [2.24, 2.45) is 5.73 Å². The number of aromatic nitrogens is 1. The van der Waals surface area contributed by atoms with Gasteiger partial charge in [0.05, 0.1) is 6.61 Å². The van der Waals surface area contributed by atoms with Crippen molar-refractivity contribution in [2.45, 2.75) is 6.04 Å². The minimum atomic E-state index is -0.728. The van der Waals surface area contributed by atoms with E-state index >= 15 is 0 Å². The van der Waals surface area contributed by atoms with Crippen LogP contribution in [0, 0.1) is 0 Å². The van der Waals surface area contributed by atoms with Gasteiger partial charge in [-0.2, -0.15) is 0 Å². The summed E-state index contributed by atoms with van der Waals surface area (Å²) in [5, 5.41) is 8.88. The van der Waals surface area contributed by atoms with E-state index in [0.717, 1.165) is 6.41 Å². The van der Waals surface area contributed by atoms with Crippen LogP contribution in [0.1, 0.15) is 22.4 Å². The summed E-state index contributed by atoms with van der Waals surface area (Å²) in [6.45, 7) is 1.65. The fourth-order valence-electron chi connectivity index (χ4n) is 1.83. The van der Waals surface area contributed by atoms with Gasteiger partial charge >= 0.3 is 0 Å². The summed E-state index contributed by atoms with van der Waals surface area (Å²) in [5.74, 6) is -0.122. The van der Waals surface area contributed by atoms with Crippen LogP contribution in [0.15, 0.2) is 10.7 Å². The topological polar surface area (TPSA) is 113 Å². The third-order valence-electron chi connectivity index (χ3n) is 3.01. The second kappa shape index (κ2) is 5.81. The molecule has 1 unspecified atom stereocenters. The number of piperazine rings is 1. The molecule has 1 aliphatic heterocycles. The van der Waals surface area contributed by atoms with E-state index in [2.05, 4.69) is 4.98 Å². The second-order valence-corrected chi connectivity index (χ2v) is 4.29. The van der Waals surface area contributed by atoms with Gasteiger partial charge in [-0.25, -0.2) is 4.98 Å². The van der Waals surface area contributed by atoms with Crippen LogP contribution in [0.3, 0.4) is 0 Å². The smallest absolute Gasteiger partial charge is 0.275 e. The molecule has 0 saturated carbocycles. The Bertz CT molecular complexity index is 453. The molecule has 0 aliphatic carbocycles. The van der Waals surface area contributed by atoms with Gasteiger partial charge in [0.1, 0.15) is 12.3 Å². The number of carbonyl (C=O) groups excluding carboxylic acids is 2. The molecule has 1 fully saturated rings. The van der Waals surface area contributed by atoms with Gasteiger partial charge in [0.15, 0.2) is 5.69 Å². The first-order chi connectivity index (χ1) is 9.15. The fraction of sp³-hybridized carbons (Fsp3) is 0.545. The van der Waals surface area contributed by atoms with Gasteiger partial charge in [0, 0.05) is 26.2 Å². The normalized spacial score (nSPS) is 17.4. The Morgan fingerprint density at radius 1 is 1.53 bits per heavy atom. The first-order valence-corrected chi connectivity index (χ1v) is 5.96. The molecule has 1 atom stereocenters. The van der Waals surface area contributed by atoms with Crippen molar-refractivity contribution >= 4 is 12.3 Å². The highest BCUT2D eigenvalue weighted by molar-refractivity contribution is 5.92.